The average Bonchev–Trinajstić information content (AvgIpc) is 2.04. The van der Waals surface area contributed by atoms with Crippen LogP contribution in [0.5, 0.6) is 0 Å². The molecule has 1 fully saturated rings. The van der Waals surface area contributed by atoms with E-state index in [-0.39, 0.29) is 6.10 Å². The highest BCUT2D eigenvalue weighted by molar-refractivity contribution is 5.60. The van der Waals surface area contributed by atoms with Gasteiger partial charge < -0.3 is 9.47 Å². The van der Waals surface area contributed by atoms with Gasteiger partial charge in [0.05, 0.1) is 0 Å². The van der Waals surface area contributed by atoms with E-state index < -0.39 is 6.16 Å². The second-order valence-corrected chi connectivity index (χ2v) is 2.79. The topological polar surface area (TPSA) is 35.5 Å². The van der Waals surface area contributed by atoms with Crippen LogP contribution in [0.4, 0.5) is 4.79 Å². The van der Waals surface area contributed by atoms with E-state index >= 15 is 0 Å². The third-order valence-electron chi connectivity index (χ3n) is 2.12. The maximum Gasteiger partial charge on any atom is 0.508 e. The largest absolute Gasteiger partial charge is 0.508 e. The second-order valence-electron chi connectivity index (χ2n) is 2.79. The molecular formula is C8H14O3. The number of hydrogen-bond acceptors (Lipinski definition) is 3. The van der Waals surface area contributed by atoms with Crippen LogP contribution in [-0.4, -0.2) is 18.9 Å². The normalized spacial score (nSPS) is 30.9. The third-order valence-corrected chi connectivity index (χ3v) is 2.12. The lowest BCUT2D eigenvalue weighted by molar-refractivity contribution is -0.0606. The van der Waals surface area contributed by atoms with Gasteiger partial charge in [-0.3, -0.25) is 0 Å². The van der Waals surface area contributed by atoms with E-state index in [0.29, 0.717) is 12.5 Å². The lowest BCUT2D eigenvalue weighted by atomic mass is 9.98. The Morgan fingerprint density at radius 2 is 2.18 bits per heavy atom. The molecule has 0 amide bonds. The molecule has 2 unspecified atom stereocenters. The van der Waals surface area contributed by atoms with Gasteiger partial charge >= 0.3 is 6.16 Å². The minimum Gasteiger partial charge on any atom is -0.434 e. The summed E-state index contributed by atoms with van der Waals surface area (Å²) in [5.74, 6) is 0.387. The monoisotopic (exact) mass is 158 g/mol. The molecule has 0 saturated carbocycles. The number of rotatable bonds is 2. The Labute approximate surface area is 66.7 Å². The molecule has 0 aliphatic carbocycles. The molecule has 1 aliphatic heterocycles. The van der Waals surface area contributed by atoms with Crippen LogP contribution in [0.25, 0.3) is 0 Å². The van der Waals surface area contributed by atoms with Crippen molar-refractivity contribution in [2.75, 3.05) is 6.61 Å². The van der Waals surface area contributed by atoms with Crippen molar-refractivity contribution in [1.29, 1.82) is 0 Å². The van der Waals surface area contributed by atoms with Crippen LogP contribution in [0, 0.1) is 5.92 Å². The van der Waals surface area contributed by atoms with E-state index in [1.54, 1.807) is 0 Å². The molecule has 64 valence electrons. The molecule has 0 aromatic rings. The molecular weight excluding hydrogens is 144 g/mol. The average molecular weight is 158 g/mol. The molecule has 11 heavy (non-hydrogen) atoms. The molecule has 0 spiro atoms. The van der Waals surface area contributed by atoms with Crippen molar-refractivity contribution in [2.24, 2.45) is 5.92 Å². The first-order valence-corrected chi connectivity index (χ1v) is 4.11. The van der Waals surface area contributed by atoms with Crippen molar-refractivity contribution in [3.63, 3.8) is 0 Å². The Hall–Kier alpha value is -0.730. The number of ether oxygens (including phenoxy) is 2. The molecule has 0 N–H and O–H groups in total. The molecule has 1 rings (SSSR count). The van der Waals surface area contributed by atoms with Gasteiger partial charge in [0, 0.05) is 5.92 Å². The van der Waals surface area contributed by atoms with Crippen LogP contribution in [0.2, 0.25) is 0 Å². The number of cyclic esters (lactones) is 2. The fourth-order valence-corrected chi connectivity index (χ4v) is 1.33. The van der Waals surface area contributed by atoms with E-state index in [0.717, 1.165) is 12.8 Å². The predicted molar refractivity (Wildman–Crippen MR) is 40.3 cm³/mol. The summed E-state index contributed by atoms with van der Waals surface area (Å²) in [6.07, 6.45) is 1.45. The summed E-state index contributed by atoms with van der Waals surface area (Å²) >= 11 is 0. The number of hydrogen-bond donors (Lipinski definition) is 0. The van der Waals surface area contributed by atoms with E-state index in [1.807, 2.05) is 6.92 Å². The van der Waals surface area contributed by atoms with Crippen LogP contribution in [-0.2, 0) is 9.47 Å². The minimum atomic E-state index is -0.512. The molecule has 0 aromatic carbocycles. The Bertz CT molecular complexity index is 144. The third kappa shape index (κ3) is 1.85. The van der Waals surface area contributed by atoms with E-state index in [2.05, 4.69) is 6.92 Å². The summed E-state index contributed by atoms with van der Waals surface area (Å²) in [6.45, 7) is 4.62. The van der Waals surface area contributed by atoms with Crippen molar-refractivity contribution in [2.45, 2.75) is 32.8 Å². The summed E-state index contributed by atoms with van der Waals surface area (Å²) in [5.41, 5.74) is 0. The van der Waals surface area contributed by atoms with Gasteiger partial charge in [-0.2, -0.15) is 0 Å². The summed E-state index contributed by atoms with van der Waals surface area (Å²) in [7, 11) is 0. The highest BCUT2D eigenvalue weighted by Gasteiger charge is 2.28. The number of carbonyl (C=O) groups is 1. The van der Waals surface area contributed by atoms with E-state index in [1.165, 1.54) is 0 Å². The maximum atomic E-state index is 10.6. The van der Waals surface area contributed by atoms with Crippen molar-refractivity contribution in [1.82, 2.24) is 0 Å². The lowest BCUT2D eigenvalue weighted by Crippen LogP contribution is -2.35. The van der Waals surface area contributed by atoms with E-state index in [9.17, 15) is 4.79 Å². The second kappa shape index (κ2) is 3.60. The van der Waals surface area contributed by atoms with E-state index in [4.69, 9.17) is 9.47 Å². The van der Waals surface area contributed by atoms with Crippen LogP contribution in [0.15, 0.2) is 0 Å². The predicted octanol–water partition coefficient (Wildman–Crippen LogP) is 1.96. The molecule has 3 nitrogen and oxygen atoms in total. The van der Waals surface area contributed by atoms with Crippen molar-refractivity contribution in [3.8, 4) is 0 Å². The fraction of sp³-hybridized carbons (Fsp3) is 0.875. The molecule has 1 heterocycles. The molecule has 0 radical (unpaired) electrons. The Morgan fingerprint density at radius 1 is 1.45 bits per heavy atom. The van der Waals surface area contributed by atoms with Gasteiger partial charge in [0.25, 0.3) is 0 Å². The van der Waals surface area contributed by atoms with Gasteiger partial charge in [-0.15, -0.1) is 0 Å². The van der Waals surface area contributed by atoms with Crippen LogP contribution in [0.1, 0.15) is 26.7 Å². The van der Waals surface area contributed by atoms with Crippen LogP contribution >= 0.6 is 0 Å². The summed E-state index contributed by atoms with van der Waals surface area (Å²) < 4.78 is 9.73. The lowest BCUT2D eigenvalue weighted by Gasteiger charge is -2.28. The summed E-state index contributed by atoms with van der Waals surface area (Å²) in [6, 6.07) is 0. The Morgan fingerprint density at radius 3 is 2.73 bits per heavy atom. The zero-order valence-electron chi connectivity index (χ0n) is 7.00. The van der Waals surface area contributed by atoms with Gasteiger partial charge in [-0.05, 0) is 12.8 Å². The fourth-order valence-electron chi connectivity index (χ4n) is 1.33. The van der Waals surface area contributed by atoms with Gasteiger partial charge in [0.2, 0.25) is 0 Å². The molecule has 0 aromatic heterocycles. The van der Waals surface area contributed by atoms with Gasteiger partial charge in [-0.25, -0.2) is 4.79 Å². The Kier molecular flexibility index (Phi) is 2.74. The molecule has 2 atom stereocenters. The molecule has 3 heteroatoms. The maximum absolute atomic E-state index is 10.6. The van der Waals surface area contributed by atoms with Crippen LogP contribution in [0.3, 0.4) is 0 Å². The van der Waals surface area contributed by atoms with Crippen molar-refractivity contribution < 1.29 is 14.3 Å². The first-order chi connectivity index (χ1) is 5.27. The van der Waals surface area contributed by atoms with Crippen LogP contribution < -0.4 is 0 Å². The van der Waals surface area contributed by atoms with Gasteiger partial charge in [0.15, 0.2) is 0 Å². The molecule has 1 saturated heterocycles. The van der Waals surface area contributed by atoms with Crippen molar-refractivity contribution >= 4 is 6.16 Å². The highest BCUT2D eigenvalue weighted by Crippen LogP contribution is 2.20. The highest BCUT2D eigenvalue weighted by atomic mass is 16.7. The molecule has 0 bridgehead atoms. The SMILES string of the molecule is CCC1COC(=O)OC1CC. The minimum absolute atomic E-state index is 0.0706. The summed E-state index contributed by atoms with van der Waals surface area (Å²) in [5, 5.41) is 0. The zero-order valence-corrected chi connectivity index (χ0v) is 7.00. The first-order valence-electron chi connectivity index (χ1n) is 4.11. The molecule has 1 aliphatic rings. The number of carbonyl (C=O) groups excluding carboxylic acids is 1. The Balaban J connectivity index is 2.48. The van der Waals surface area contributed by atoms with Gasteiger partial charge in [0.1, 0.15) is 12.7 Å². The van der Waals surface area contributed by atoms with Gasteiger partial charge in [-0.1, -0.05) is 13.8 Å². The standard InChI is InChI=1S/C8H14O3/c1-3-6-5-10-8(9)11-7(6)4-2/h6-7H,3-5H2,1-2H3. The first kappa shape index (κ1) is 8.37. The van der Waals surface area contributed by atoms with Crippen molar-refractivity contribution in [3.05, 3.63) is 0 Å². The smallest absolute Gasteiger partial charge is 0.434 e. The zero-order chi connectivity index (χ0) is 8.27. The summed E-state index contributed by atoms with van der Waals surface area (Å²) in [4.78, 5) is 10.6. The quantitative estimate of drug-likeness (QED) is 0.576.